The highest BCUT2D eigenvalue weighted by Crippen LogP contribution is 2.40. The van der Waals surface area contributed by atoms with Crippen LogP contribution >= 0.6 is 0 Å². The SMILES string of the molecule is CO[C@H]1C/C=C/c2nc(co2)-c2nc(co2)-c2nc(co2)[C@@H](C)CC(=O)CCC[C@H](O[Si](c2ccccc2)(c2ccccc2)C(C)(C)C)CC(=O)O[C@@H](C[C@H](OC)[C@@H](C)CCC(=O)[C@H](C)[C@H](O)[C@H](C)CCO[Si](c2ccccc2)(c2ccccc2)C(C)(C)C)[C@@H]1C. The first-order chi connectivity index (χ1) is 43.5. The Labute approximate surface area is 541 Å². The molecule has 0 fully saturated rings. The summed E-state index contributed by atoms with van der Waals surface area (Å²) in [4.78, 5) is 57.2. The summed E-state index contributed by atoms with van der Waals surface area (Å²) in [5, 5.41) is 15.7. The molecule has 4 aromatic carbocycles. The lowest BCUT2D eigenvalue weighted by Gasteiger charge is -2.45. The number of fused-ring (bicyclic) bond motifs is 8. The van der Waals surface area contributed by atoms with Gasteiger partial charge in [0.05, 0.1) is 36.5 Å². The number of nitrogens with zero attached hydrogens (tertiary/aromatic N) is 3. The summed E-state index contributed by atoms with van der Waals surface area (Å²) < 4.78 is 51.7. The molecule has 8 rings (SSSR count). The number of aliphatic hydroxyl groups excluding tert-OH is 1. The molecule has 0 aliphatic carbocycles. The van der Waals surface area contributed by atoms with Gasteiger partial charge in [-0.05, 0) is 80.8 Å². The molecule has 1 N–H and O–H groups in total. The van der Waals surface area contributed by atoms with E-state index in [1.807, 2.05) is 82.3 Å². The number of ketones is 2. The topological polar surface area (TPSA) is 196 Å². The van der Waals surface area contributed by atoms with Crippen LogP contribution in [0.25, 0.3) is 29.2 Å². The van der Waals surface area contributed by atoms with Crippen LogP contribution in [0.5, 0.6) is 0 Å². The molecular weight excluding hydrogens is 1180 g/mol. The molecule has 4 heterocycles. The zero-order chi connectivity index (χ0) is 65.5. The molecule has 0 amide bonds. The van der Waals surface area contributed by atoms with Gasteiger partial charge in [0.2, 0.25) is 17.7 Å². The third-order valence-corrected chi connectivity index (χ3v) is 28.8. The summed E-state index contributed by atoms with van der Waals surface area (Å²) in [7, 11) is -2.73. The highest BCUT2D eigenvalue weighted by atomic mass is 28.4. The molecule has 488 valence electrons. The monoisotopic (exact) mass is 1280 g/mol. The van der Waals surface area contributed by atoms with E-state index in [2.05, 4.69) is 136 Å². The average Bonchev–Trinajstić information content (AvgIpc) is 1.23. The van der Waals surface area contributed by atoms with Crippen LogP contribution in [0.2, 0.25) is 10.1 Å². The normalized spacial score (nSPS) is 20.7. The molecule has 6 bridgehead atoms. The summed E-state index contributed by atoms with van der Waals surface area (Å²) in [6.07, 6.45) is 8.20. The number of hydrogen-bond acceptors (Lipinski definition) is 15. The second-order valence-corrected chi connectivity index (χ2v) is 35.7. The van der Waals surface area contributed by atoms with E-state index in [-0.39, 0.29) is 77.7 Å². The zero-order valence-electron chi connectivity index (χ0n) is 55.8. The number of carbonyl (C=O) groups is 3. The first-order valence-corrected chi connectivity index (χ1v) is 36.4. The minimum absolute atomic E-state index is 0.0322. The van der Waals surface area contributed by atoms with Gasteiger partial charge in [0.25, 0.3) is 16.6 Å². The van der Waals surface area contributed by atoms with Crippen LogP contribution in [0.15, 0.2) is 159 Å². The number of cyclic esters (lactones) is 1. The Kier molecular flexibility index (Phi) is 24.5. The van der Waals surface area contributed by atoms with Crippen molar-refractivity contribution in [3.63, 3.8) is 0 Å². The standard InChI is InChI=1S/C74H97N3O12Si2/c1-50(40-41-64(79)53(4)70(81)51(2)42-43-87-90(73(6,7)8,57-30-18-14-19-31-57)58-32-20-15-21-33-58)66(83-13)46-67-54(5)65(82-12)38-27-39-68-75-62(48-84-68)71-77-63(49-86-71)72-76-61(47-85-72)52(3)44-55(78)28-26-29-56(45-69(80)88-67)89-91(74(9,10)11,59-34-22-16-23-35-59)60-36-24-17-25-37-60/h14-25,27,30-37,39,47-54,56,65-67,70,81H,26,28-29,38,40-46H2,1-13H3/b39-27+/t50-,51+,52-,53-,54+,56-,65-,66-,67-,70+/m0/s1. The minimum Gasteiger partial charge on any atom is -0.462 e. The van der Waals surface area contributed by atoms with Crippen molar-refractivity contribution in [2.24, 2.45) is 23.7 Å². The number of aromatic nitrogens is 3. The summed E-state index contributed by atoms with van der Waals surface area (Å²) in [6, 6.07) is 41.7. The van der Waals surface area contributed by atoms with Gasteiger partial charge in [0, 0.05) is 64.3 Å². The number of Topliss-reactive ketones (excluding diaryl/α,β-unsaturated/α-hetero) is 2. The van der Waals surface area contributed by atoms with Crippen LogP contribution in [-0.4, -0.2) is 106 Å². The van der Waals surface area contributed by atoms with Crippen LogP contribution in [0, 0.1) is 23.7 Å². The Morgan fingerprint density at radius 1 is 0.681 bits per heavy atom. The molecule has 91 heavy (non-hydrogen) atoms. The molecule has 0 radical (unpaired) electrons. The van der Waals surface area contributed by atoms with Gasteiger partial charge in [0.15, 0.2) is 11.4 Å². The second kappa shape index (κ2) is 31.7. The van der Waals surface area contributed by atoms with E-state index >= 15 is 4.79 Å². The quantitative estimate of drug-likeness (QED) is 0.0527. The number of hydrogen-bond donors (Lipinski definition) is 1. The van der Waals surface area contributed by atoms with E-state index in [1.54, 1.807) is 26.6 Å². The maximum atomic E-state index is 15.1. The average molecular weight is 1280 g/mol. The Hall–Kier alpha value is -6.71. The molecule has 0 saturated heterocycles. The number of methoxy groups -OCH3 is 2. The Balaban J connectivity index is 1.03. The van der Waals surface area contributed by atoms with Crippen LogP contribution in [0.4, 0.5) is 0 Å². The van der Waals surface area contributed by atoms with Crippen molar-refractivity contribution < 1.29 is 55.8 Å². The number of benzene rings is 4. The van der Waals surface area contributed by atoms with E-state index in [0.29, 0.717) is 68.1 Å². The van der Waals surface area contributed by atoms with E-state index in [1.165, 1.54) is 22.9 Å². The van der Waals surface area contributed by atoms with Crippen molar-refractivity contribution in [2.75, 3.05) is 20.8 Å². The largest absolute Gasteiger partial charge is 0.462 e. The molecular formula is C74H97N3O12Si2. The predicted molar refractivity (Wildman–Crippen MR) is 361 cm³/mol. The van der Waals surface area contributed by atoms with Crippen LogP contribution in [0.3, 0.4) is 0 Å². The first-order valence-electron chi connectivity index (χ1n) is 32.5. The van der Waals surface area contributed by atoms with Gasteiger partial charge in [-0.1, -0.05) is 204 Å². The summed E-state index contributed by atoms with van der Waals surface area (Å²) in [5.74, 6) is -1.29. The van der Waals surface area contributed by atoms with Gasteiger partial charge in [-0.3, -0.25) is 14.4 Å². The second-order valence-electron chi connectivity index (χ2n) is 27.2. The van der Waals surface area contributed by atoms with Crippen LogP contribution in [-0.2, 0) is 37.4 Å². The fraction of sp³-hybridized carbons (Fsp3) is 0.486. The van der Waals surface area contributed by atoms with Crippen LogP contribution in [0.1, 0.15) is 158 Å². The van der Waals surface area contributed by atoms with E-state index < -0.39 is 64.1 Å². The number of carbonyl (C=O) groups excluding carboxylic acids is 3. The lowest BCUT2D eigenvalue weighted by Crippen LogP contribution is -2.67. The summed E-state index contributed by atoms with van der Waals surface area (Å²) >= 11 is 0. The molecule has 0 saturated carbocycles. The third-order valence-electron chi connectivity index (χ3n) is 18.7. The van der Waals surface area contributed by atoms with Crippen molar-refractivity contribution >= 4 is 61.0 Å². The van der Waals surface area contributed by atoms with Crippen molar-refractivity contribution in [1.29, 1.82) is 0 Å². The number of oxazole rings is 3. The van der Waals surface area contributed by atoms with Gasteiger partial charge in [-0.2, -0.15) is 0 Å². The van der Waals surface area contributed by atoms with Gasteiger partial charge in [0.1, 0.15) is 36.5 Å². The highest BCUT2D eigenvalue weighted by molar-refractivity contribution is 7.00. The fourth-order valence-corrected chi connectivity index (χ4v) is 22.5. The predicted octanol–water partition coefficient (Wildman–Crippen LogP) is 13.5. The molecule has 1 aliphatic heterocycles. The number of rotatable bonds is 21. The van der Waals surface area contributed by atoms with Crippen LogP contribution < -0.4 is 20.7 Å². The number of esters is 1. The summed E-state index contributed by atoms with van der Waals surface area (Å²) in [5.41, 5.74) is 1.36. The van der Waals surface area contributed by atoms with Crippen molar-refractivity contribution in [2.45, 2.75) is 187 Å². The third kappa shape index (κ3) is 17.1. The molecule has 3 aromatic heterocycles. The van der Waals surface area contributed by atoms with Gasteiger partial charge in [-0.15, -0.1) is 0 Å². The van der Waals surface area contributed by atoms with E-state index in [0.717, 1.165) is 10.4 Å². The molecule has 0 spiro atoms. The zero-order valence-corrected chi connectivity index (χ0v) is 57.8. The Bertz CT molecular complexity index is 3330. The van der Waals surface area contributed by atoms with E-state index in [4.69, 9.17) is 36.3 Å². The smallest absolute Gasteiger partial charge is 0.308 e. The molecule has 15 nitrogen and oxygen atoms in total. The van der Waals surface area contributed by atoms with Gasteiger partial charge in [-0.25, -0.2) is 15.0 Å². The van der Waals surface area contributed by atoms with Gasteiger partial charge >= 0.3 is 5.97 Å². The molecule has 17 heteroatoms. The van der Waals surface area contributed by atoms with Gasteiger partial charge < -0.3 is 41.4 Å². The van der Waals surface area contributed by atoms with Crippen molar-refractivity contribution in [1.82, 2.24) is 15.0 Å². The van der Waals surface area contributed by atoms with Crippen molar-refractivity contribution in [3.05, 3.63) is 158 Å². The number of aliphatic hydroxyl groups is 1. The number of ether oxygens (including phenoxy) is 3. The molecule has 0 unspecified atom stereocenters. The molecule has 7 aromatic rings. The maximum Gasteiger partial charge on any atom is 0.308 e. The maximum absolute atomic E-state index is 15.1. The van der Waals surface area contributed by atoms with E-state index in [9.17, 15) is 14.7 Å². The highest BCUT2D eigenvalue weighted by Gasteiger charge is 2.52. The lowest BCUT2D eigenvalue weighted by molar-refractivity contribution is -0.159. The minimum atomic E-state index is -3.23. The first kappa shape index (κ1) is 70.2. The van der Waals surface area contributed by atoms with Crippen molar-refractivity contribution in [3.8, 4) is 23.2 Å². The summed E-state index contributed by atoms with van der Waals surface area (Å²) in [6.45, 7) is 23.6. The fourth-order valence-electron chi connectivity index (χ4n) is 13.2. The Morgan fingerprint density at radius 3 is 1.78 bits per heavy atom. The lowest BCUT2D eigenvalue weighted by atomic mass is 9.84. The molecule has 1 aliphatic rings. The Morgan fingerprint density at radius 2 is 1.22 bits per heavy atom. The molecule has 10 atom stereocenters.